The lowest BCUT2D eigenvalue weighted by Crippen LogP contribution is -2.55. The topological polar surface area (TPSA) is 82.8 Å². The van der Waals surface area contributed by atoms with Crippen molar-refractivity contribution in [1.29, 1.82) is 0 Å². The molecule has 2 atom stereocenters. The number of halogens is 2. The fraction of sp³-hybridized carbons (Fsp3) is 0.462. The van der Waals surface area contributed by atoms with Crippen LogP contribution in [0.1, 0.15) is 38.1 Å². The standard InChI is InChI=1S/C26H33F2N5O3S/c1-19-16-32(17-20(2)31(19)3)14-7-15-37(34,35)33(23-8-5-4-6-9-23)18-21-10-12-22(13-11-21)25-29-30-26(36-25)24(27)28/h4-6,8-13,19-20,24H,7,14-18H2,1-3H3/t19-,20+. The first kappa shape index (κ1) is 27.2. The van der Waals surface area contributed by atoms with E-state index in [2.05, 4.69) is 40.9 Å². The molecule has 0 bridgehead atoms. The molecular formula is C26H33F2N5O3S. The van der Waals surface area contributed by atoms with Crippen LogP contribution in [-0.4, -0.2) is 72.9 Å². The number of para-hydroxylation sites is 1. The largest absolute Gasteiger partial charge is 0.415 e. The van der Waals surface area contributed by atoms with Crippen LogP contribution in [0.15, 0.2) is 59.0 Å². The summed E-state index contributed by atoms with van der Waals surface area (Å²) in [4.78, 5) is 4.69. The summed E-state index contributed by atoms with van der Waals surface area (Å²) in [6.07, 6.45) is -2.30. The van der Waals surface area contributed by atoms with Crippen LogP contribution < -0.4 is 4.31 Å². The number of aromatic nitrogens is 2. The highest BCUT2D eigenvalue weighted by Crippen LogP contribution is 2.26. The van der Waals surface area contributed by atoms with E-state index in [-0.39, 0.29) is 18.2 Å². The summed E-state index contributed by atoms with van der Waals surface area (Å²) in [6, 6.07) is 16.7. The van der Waals surface area contributed by atoms with Crippen LogP contribution >= 0.6 is 0 Å². The van der Waals surface area contributed by atoms with Gasteiger partial charge < -0.3 is 9.32 Å². The van der Waals surface area contributed by atoms with Gasteiger partial charge in [-0.3, -0.25) is 9.21 Å². The van der Waals surface area contributed by atoms with Gasteiger partial charge in [0, 0.05) is 30.7 Å². The van der Waals surface area contributed by atoms with Crippen molar-refractivity contribution in [2.45, 2.75) is 45.3 Å². The molecule has 8 nitrogen and oxygen atoms in total. The predicted molar refractivity (Wildman–Crippen MR) is 139 cm³/mol. The number of nitrogens with zero attached hydrogens (tertiary/aromatic N) is 5. The van der Waals surface area contributed by atoms with Crippen LogP contribution in [0.3, 0.4) is 0 Å². The van der Waals surface area contributed by atoms with Crippen LogP contribution in [0.25, 0.3) is 11.5 Å². The number of sulfonamides is 1. The molecule has 1 saturated heterocycles. The number of anilines is 1. The average Bonchev–Trinajstić information content (AvgIpc) is 3.37. The molecule has 1 aromatic heterocycles. The molecule has 2 aromatic carbocycles. The number of benzene rings is 2. The van der Waals surface area contributed by atoms with Gasteiger partial charge in [-0.15, -0.1) is 10.2 Å². The van der Waals surface area contributed by atoms with Crippen molar-refractivity contribution in [2.24, 2.45) is 0 Å². The summed E-state index contributed by atoms with van der Waals surface area (Å²) in [6.45, 7) is 7.10. The van der Waals surface area contributed by atoms with E-state index in [0.29, 0.717) is 29.8 Å². The molecule has 4 rings (SSSR count). The molecule has 0 saturated carbocycles. The van der Waals surface area contributed by atoms with Crippen LogP contribution in [0.4, 0.5) is 14.5 Å². The van der Waals surface area contributed by atoms with Crippen LogP contribution in [-0.2, 0) is 16.6 Å². The Morgan fingerprint density at radius 3 is 2.27 bits per heavy atom. The van der Waals surface area contributed by atoms with Crippen molar-refractivity contribution in [3.05, 3.63) is 66.1 Å². The lowest BCUT2D eigenvalue weighted by Gasteiger charge is -2.42. The minimum Gasteiger partial charge on any atom is -0.415 e. The number of likely N-dealkylation sites (N-methyl/N-ethyl adjacent to an activating group) is 1. The van der Waals surface area contributed by atoms with E-state index in [1.807, 2.05) is 18.2 Å². The summed E-state index contributed by atoms with van der Waals surface area (Å²) in [5.74, 6) is -0.712. The number of alkyl halides is 2. The minimum absolute atomic E-state index is 0.0121. The highest BCUT2D eigenvalue weighted by molar-refractivity contribution is 7.92. The van der Waals surface area contributed by atoms with Gasteiger partial charge in [0.1, 0.15) is 0 Å². The Morgan fingerprint density at radius 2 is 1.68 bits per heavy atom. The molecule has 1 aliphatic heterocycles. The van der Waals surface area contributed by atoms with Crippen molar-refractivity contribution in [3.63, 3.8) is 0 Å². The van der Waals surface area contributed by atoms with Gasteiger partial charge in [-0.25, -0.2) is 8.42 Å². The maximum atomic E-state index is 13.5. The Balaban J connectivity index is 1.45. The maximum Gasteiger partial charge on any atom is 0.314 e. The minimum atomic E-state index is -3.61. The van der Waals surface area contributed by atoms with Crippen molar-refractivity contribution < 1.29 is 21.6 Å². The molecule has 37 heavy (non-hydrogen) atoms. The van der Waals surface area contributed by atoms with Crippen LogP contribution in [0.5, 0.6) is 0 Å². The summed E-state index contributed by atoms with van der Waals surface area (Å²) < 4.78 is 59.0. The highest BCUT2D eigenvalue weighted by atomic mass is 32.2. The third kappa shape index (κ3) is 6.71. The van der Waals surface area contributed by atoms with E-state index in [4.69, 9.17) is 4.42 Å². The molecule has 2 heterocycles. The molecule has 1 aliphatic rings. The summed E-state index contributed by atoms with van der Waals surface area (Å²) in [5.41, 5.74) is 1.81. The van der Waals surface area contributed by atoms with Gasteiger partial charge in [0.2, 0.25) is 15.9 Å². The van der Waals surface area contributed by atoms with Gasteiger partial charge in [-0.05, 0) is 63.7 Å². The lowest BCUT2D eigenvalue weighted by atomic mass is 10.1. The van der Waals surface area contributed by atoms with E-state index in [1.54, 1.807) is 36.4 Å². The van der Waals surface area contributed by atoms with Gasteiger partial charge in [0.15, 0.2) is 0 Å². The molecule has 0 N–H and O–H groups in total. The highest BCUT2D eigenvalue weighted by Gasteiger charge is 2.28. The monoisotopic (exact) mass is 533 g/mol. The Labute approximate surface area is 216 Å². The third-order valence-electron chi connectivity index (χ3n) is 6.85. The first-order valence-corrected chi connectivity index (χ1v) is 14.0. The number of hydrogen-bond donors (Lipinski definition) is 0. The molecule has 0 unspecified atom stereocenters. The second-order valence-corrected chi connectivity index (χ2v) is 11.6. The molecule has 0 aliphatic carbocycles. The lowest BCUT2D eigenvalue weighted by molar-refractivity contribution is 0.0604. The molecule has 1 fully saturated rings. The zero-order valence-corrected chi connectivity index (χ0v) is 22.1. The third-order valence-corrected chi connectivity index (χ3v) is 8.66. The summed E-state index contributed by atoms with van der Waals surface area (Å²) in [5, 5.41) is 7.01. The molecular weight excluding hydrogens is 500 g/mol. The maximum absolute atomic E-state index is 13.5. The van der Waals surface area contributed by atoms with Gasteiger partial charge in [0.25, 0.3) is 5.89 Å². The van der Waals surface area contributed by atoms with Crippen molar-refractivity contribution >= 4 is 15.7 Å². The Morgan fingerprint density at radius 1 is 1.03 bits per heavy atom. The molecule has 0 radical (unpaired) electrons. The van der Waals surface area contributed by atoms with Crippen LogP contribution in [0.2, 0.25) is 0 Å². The Kier molecular flexibility index (Phi) is 8.56. The fourth-order valence-corrected chi connectivity index (χ4v) is 6.08. The van der Waals surface area contributed by atoms with E-state index in [9.17, 15) is 17.2 Å². The SMILES string of the molecule is C[C@@H]1CN(CCCS(=O)(=O)N(Cc2ccc(-c3nnc(C(F)F)o3)cc2)c2ccccc2)C[C@H](C)N1C. The van der Waals surface area contributed by atoms with Crippen LogP contribution in [0, 0.1) is 0 Å². The van der Waals surface area contributed by atoms with Gasteiger partial charge in [0.05, 0.1) is 18.0 Å². The predicted octanol–water partition coefficient (Wildman–Crippen LogP) is 4.43. The Bertz CT molecular complexity index is 1240. The van der Waals surface area contributed by atoms with Crippen molar-refractivity contribution in [3.8, 4) is 11.5 Å². The number of rotatable bonds is 10. The fourth-order valence-electron chi connectivity index (χ4n) is 4.58. The normalized spacial score (nSPS) is 19.4. The van der Waals surface area contributed by atoms with Crippen molar-refractivity contribution in [2.75, 3.05) is 36.7 Å². The summed E-state index contributed by atoms with van der Waals surface area (Å²) >= 11 is 0. The quantitative estimate of drug-likeness (QED) is 0.381. The molecule has 0 amide bonds. The zero-order valence-electron chi connectivity index (χ0n) is 21.3. The molecule has 11 heteroatoms. The van der Waals surface area contributed by atoms with E-state index < -0.39 is 22.3 Å². The van der Waals surface area contributed by atoms with Gasteiger partial charge in [-0.2, -0.15) is 8.78 Å². The van der Waals surface area contributed by atoms with Gasteiger partial charge in [-0.1, -0.05) is 30.3 Å². The Hall–Kier alpha value is -2.89. The average molecular weight is 534 g/mol. The molecule has 0 spiro atoms. The number of piperazine rings is 1. The van der Waals surface area contributed by atoms with E-state index >= 15 is 0 Å². The molecule has 200 valence electrons. The second kappa shape index (κ2) is 11.7. The smallest absolute Gasteiger partial charge is 0.314 e. The van der Waals surface area contributed by atoms with Crippen molar-refractivity contribution in [1.82, 2.24) is 20.0 Å². The number of hydrogen-bond acceptors (Lipinski definition) is 7. The van der Waals surface area contributed by atoms with Gasteiger partial charge >= 0.3 is 6.43 Å². The summed E-state index contributed by atoms with van der Waals surface area (Å²) in [7, 11) is -1.48. The van der Waals surface area contributed by atoms with E-state index in [0.717, 1.165) is 25.2 Å². The first-order chi connectivity index (χ1) is 17.6. The zero-order chi connectivity index (χ0) is 26.6. The van der Waals surface area contributed by atoms with E-state index in [1.165, 1.54) is 4.31 Å². The first-order valence-electron chi connectivity index (χ1n) is 12.3. The molecule has 3 aromatic rings. The second-order valence-electron chi connectivity index (χ2n) is 9.58.